The van der Waals surface area contributed by atoms with E-state index in [1.165, 1.54) is 6.20 Å². The molecular weight excluding hydrogens is 405 g/mol. The van der Waals surface area contributed by atoms with E-state index in [0.717, 1.165) is 6.20 Å². The Morgan fingerprint density at radius 3 is 2.53 bits per heavy atom. The van der Waals surface area contributed by atoms with Crippen LogP contribution in [0.25, 0.3) is 11.0 Å². The van der Waals surface area contributed by atoms with Crippen molar-refractivity contribution < 1.29 is 22.8 Å². The topological polar surface area (TPSA) is 162 Å². The van der Waals surface area contributed by atoms with E-state index in [1.54, 1.807) is 24.4 Å². The number of hydrogen-bond donors (Lipinski definition) is 4. The summed E-state index contributed by atoms with van der Waals surface area (Å²) >= 11 is 0. The SMILES string of the molecule is NC(=O)c1ncc(NC(CC(F)(F)F)C(N)=O)nc1Nc1cnc2cccnc2c1. The van der Waals surface area contributed by atoms with E-state index in [9.17, 15) is 22.8 Å². The Hall–Kier alpha value is -4.03. The summed E-state index contributed by atoms with van der Waals surface area (Å²) in [6.07, 6.45) is -2.18. The lowest BCUT2D eigenvalue weighted by Gasteiger charge is -2.18. The normalized spacial score (nSPS) is 12.4. The van der Waals surface area contributed by atoms with Crippen LogP contribution in [0.4, 0.5) is 30.5 Å². The molecule has 30 heavy (non-hydrogen) atoms. The number of anilines is 3. The van der Waals surface area contributed by atoms with Gasteiger partial charge in [0, 0.05) is 6.20 Å². The molecule has 3 aromatic rings. The number of nitrogens with two attached hydrogens (primary N) is 2. The lowest BCUT2D eigenvalue weighted by Crippen LogP contribution is -2.39. The van der Waals surface area contributed by atoms with Crippen LogP contribution in [-0.4, -0.2) is 44.0 Å². The van der Waals surface area contributed by atoms with Crippen LogP contribution in [0.5, 0.6) is 0 Å². The molecule has 0 fully saturated rings. The average molecular weight is 420 g/mol. The highest BCUT2D eigenvalue weighted by Crippen LogP contribution is 2.25. The molecule has 1 unspecified atom stereocenters. The minimum absolute atomic E-state index is 0.153. The molecule has 0 aromatic carbocycles. The molecule has 0 aliphatic carbocycles. The van der Waals surface area contributed by atoms with Crippen LogP contribution in [0, 0.1) is 0 Å². The van der Waals surface area contributed by atoms with Gasteiger partial charge < -0.3 is 22.1 Å². The predicted octanol–water partition coefficient (Wildman–Crippen LogP) is 1.48. The van der Waals surface area contributed by atoms with Crippen molar-refractivity contribution in [1.29, 1.82) is 0 Å². The number of pyridine rings is 2. The number of amides is 2. The van der Waals surface area contributed by atoms with Crippen molar-refractivity contribution in [3.8, 4) is 0 Å². The molecule has 0 saturated carbocycles. The van der Waals surface area contributed by atoms with Gasteiger partial charge in [0.05, 0.1) is 35.5 Å². The van der Waals surface area contributed by atoms with Gasteiger partial charge in [0.15, 0.2) is 11.5 Å². The molecule has 3 rings (SSSR count). The molecule has 10 nitrogen and oxygen atoms in total. The summed E-state index contributed by atoms with van der Waals surface area (Å²) in [5.41, 5.74) is 11.6. The van der Waals surface area contributed by atoms with Crippen LogP contribution in [-0.2, 0) is 4.79 Å². The zero-order valence-electron chi connectivity index (χ0n) is 15.1. The summed E-state index contributed by atoms with van der Waals surface area (Å²) in [7, 11) is 0. The van der Waals surface area contributed by atoms with Crippen molar-refractivity contribution in [2.75, 3.05) is 10.6 Å². The fourth-order valence-corrected chi connectivity index (χ4v) is 2.52. The Kier molecular flexibility index (Phi) is 5.62. The average Bonchev–Trinajstić information content (AvgIpc) is 2.66. The third-order valence-electron chi connectivity index (χ3n) is 3.82. The number of carbonyl (C=O) groups is 2. The third-order valence-corrected chi connectivity index (χ3v) is 3.82. The predicted molar refractivity (Wildman–Crippen MR) is 101 cm³/mol. The molecule has 0 bridgehead atoms. The van der Waals surface area contributed by atoms with Crippen LogP contribution >= 0.6 is 0 Å². The van der Waals surface area contributed by atoms with Crippen molar-refractivity contribution in [2.45, 2.75) is 18.6 Å². The summed E-state index contributed by atoms with van der Waals surface area (Å²) in [6.45, 7) is 0. The summed E-state index contributed by atoms with van der Waals surface area (Å²) in [5, 5.41) is 5.05. The van der Waals surface area contributed by atoms with Gasteiger partial charge in [-0.25, -0.2) is 9.97 Å². The minimum Gasteiger partial charge on any atom is -0.368 e. The van der Waals surface area contributed by atoms with Crippen LogP contribution < -0.4 is 22.1 Å². The molecule has 0 saturated heterocycles. The maximum atomic E-state index is 12.7. The van der Waals surface area contributed by atoms with E-state index in [0.29, 0.717) is 16.7 Å². The van der Waals surface area contributed by atoms with Crippen molar-refractivity contribution in [1.82, 2.24) is 19.9 Å². The van der Waals surface area contributed by atoms with E-state index in [-0.39, 0.29) is 17.3 Å². The lowest BCUT2D eigenvalue weighted by molar-refractivity contribution is -0.144. The fourth-order valence-electron chi connectivity index (χ4n) is 2.52. The molecule has 0 aliphatic rings. The molecule has 0 aliphatic heterocycles. The molecule has 2 amide bonds. The number of halogens is 3. The zero-order valence-corrected chi connectivity index (χ0v) is 15.1. The largest absolute Gasteiger partial charge is 0.391 e. The first-order valence-electron chi connectivity index (χ1n) is 8.39. The first-order valence-corrected chi connectivity index (χ1v) is 8.39. The van der Waals surface area contributed by atoms with Gasteiger partial charge in [-0.15, -0.1) is 0 Å². The smallest absolute Gasteiger partial charge is 0.368 e. The van der Waals surface area contributed by atoms with Crippen molar-refractivity contribution in [3.63, 3.8) is 0 Å². The molecule has 13 heteroatoms. The zero-order chi connectivity index (χ0) is 21.9. The van der Waals surface area contributed by atoms with E-state index < -0.39 is 30.5 Å². The molecule has 156 valence electrons. The highest BCUT2D eigenvalue weighted by molar-refractivity contribution is 5.96. The lowest BCUT2D eigenvalue weighted by atomic mass is 10.2. The fraction of sp³-hybridized carbons (Fsp3) is 0.176. The molecule has 6 N–H and O–H groups in total. The number of carbonyl (C=O) groups excluding carboxylic acids is 2. The number of alkyl halides is 3. The van der Waals surface area contributed by atoms with Gasteiger partial charge in [0.1, 0.15) is 11.9 Å². The van der Waals surface area contributed by atoms with E-state index in [2.05, 4.69) is 30.6 Å². The monoisotopic (exact) mass is 420 g/mol. The van der Waals surface area contributed by atoms with Gasteiger partial charge in [-0.1, -0.05) is 0 Å². The minimum atomic E-state index is -4.64. The van der Waals surface area contributed by atoms with Crippen molar-refractivity contribution >= 4 is 40.2 Å². The molecule has 1 atom stereocenters. The summed E-state index contributed by atoms with van der Waals surface area (Å²) in [6, 6.07) is 3.29. The summed E-state index contributed by atoms with van der Waals surface area (Å²) in [4.78, 5) is 39.2. The van der Waals surface area contributed by atoms with Crippen LogP contribution in [0.2, 0.25) is 0 Å². The number of primary amides is 2. The number of nitrogens with zero attached hydrogens (tertiary/aromatic N) is 4. The summed E-state index contributed by atoms with van der Waals surface area (Å²) in [5.74, 6) is -2.53. The van der Waals surface area contributed by atoms with E-state index >= 15 is 0 Å². The third kappa shape index (κ3) is 5.06. The first-order chi connectivity index (χ1) is 14.1. The number of rotatable bonds is 7. The Morgan fingerprint density at radius 1 is 1.10 bits per heavy atom. The molecule has 3 heterocycles. The molecular formula is C17H15F3N8O2. The van der Waals surface area contributed by atoms with Gasteiger partial charge in [-0.3, -0.25) is 19.6 Å². The van der Waals surface area contributed by atoms with Crippen LogP contribution in [0.3, 0.4) is 0 Å². The van der Waals surface area contributed by atoms with E-state index in [4.69, 9.17) is 11.5 Å². The van der Waals surface area contributed by atoms with Crippen LogP contribution in [0.1, 0.15) is 16.9 Å². The van der Waals surface area contributed by atoms with Crippen molar-refractivity contribution in [3.05, 3.63) is 42.5 Å². The van der Waals surface area contributed by atoms with Gasteiger partial charge >= 0.3 is 6.18 Å². The number of fused-ring (bicyclic) bond motifs is 1. The Balaban J connectivity index is 1.92. The second-order valence-corrected chi connectivity index (χ2v) is 6.13. The number of nitrogens with one attached hydrogen (secondary N) is 2. The van der Waals surface area contributed by atoms with Gasteiger partial charge in [0.2, 0.25) is 5.91 Å². The van der Waals surface area contributed by atoms with Crippen molar-refractivity contribution in [2.24, 2.45) is 11.5 Å². The standard InChI is InChI=1S/C17H15F3N8O2/c18-17(19,20)5-11(14(21)29)27-12-7-25-13(15(22)30)16(28-12)26-8-4-10-9(24-6-8)2-1-3-23-10/h1-4,6-7,11H,5H2,(H2,21,29)(H2,22,30)(H2,26,27,28). The Bertz CT molecular complexity index is 1110. The Morgan fingerprint density at radius 2 is 1.87 bits per heavy atom. The Labute approximate surface area is 166 Å². The molecule has 0 radical (unpaired) electrons. The highest BCUT2D eigenvalue weighted by Gasteiger charge is 2.35. The maximum Gasteiger partial charge on any atom is 0.391 e. The second-order valence-electron chi connectivity index (χ2n) is 6.13. The van der Waals surface area contributed by atoms with Gasteiger partial charge in [-0.2, -0.15) is 13.2 Å². The van der Waals surface area contributed by atoms with Crippen LogP contribution in [0.15, 0.2) is 36.8 Å². The molecule has 3 aromatic heterocycles. The van der Waals surface area contributed by atoms with E-state index in [1.807, 2.05) is 0 Å². The van der Waals surface area contributed by atoms with Gasteiger partial charge in [0.25, 0.3) is 5.91 Å². The number of aromatic nitrogens is 4. The second kappa shape index (κ2) is 8.14. The highest BCUT2D eigenvalue weighted by atomic mass is 19.4. The molecule has 0 spiro atoms. The van der Waals surface area contributed by atoms with Gasteiger partial charge in [-0.05, 0) is 18.2 Å². The number of hydrogen-bond acceptors (Lipinski definition) is 8. The quantitative estimate of drug-likeness (QED) is 0.447. The summed E-state index contributed by atoms with van der Waals surface area (Å²) < 4.78 is 38.0. The maximum absolute atomic E-state index is 12.7. The first kappa shape index (κ1) is 20.7.